The zero-order valence-electron chi connectivity index (χ0n) is 16.1. The Hall–Kier alpha value is -1.64. The molecule has 27 heavy (non-hydrogen) atoms. The lowest BCUT2D eigenvalue weighted by Crippen LogP contribution is -2.38. The molecule has 1 aliphatic carbocycles. The van der Waals surface area contributed by atoms with E-state index < -0.39 is 29.0 Å². The lowest BCUT2D eigenvalue weighted by molar-refractivity contribution is 0.0357. The van der Waals surface area contributed by atoms with Crippen LogP contribution < -0.4 is 5.73 Å². The first kappa shape index (κ1) is 21.7. The number of hydrogen-bond acceptors (Lipinski definition) is 5. The summed E-state index contributed by atoms with van der Waals surface area (Å²) in [6.45, 7) is 5.94. The van der Waals surface area contributed by atoms with Gasteiger partial charge in [0, 0.05) is 0 Å². The van der Waals surface area contributed by atoms with Crippen LogP contribution in [0.1, 0.15) is 51.7 Å². The highest BCUT2D eigenvalue weighted by atomic mass is 32.2. The molecule has 4 unspecified atom stereocenters. The summed E-state index contributed by atoms with van der Waals surface area (Å²) in [4.78, 5) is 0. The molecule has 7 nitrogen and oxygen atoms in total. The molecule has 4 atom stereocenters. The van der Waals surface area contributed by atoms with Gasteiger partial charge in [-0.15, -0.1) is 0 Å². The molecule has 0 amide bonds. The lowest BCUT2D eigenvalue weighted by atomic mass is 9.75. The maximum absolute atomic E-state index is 12.0. The van der Waals surface area contributed by atoms with E-state index in [9.17, 15) is 13.5 Å². The number of nitrogens with zero attached hydrogens (tertiary/aromatic N) is 1. The number of nitrogens with two attached hydrogens (primary N) is 1. The molecule has 1 aromatic rings. The fourth-order valence-corrected chi connectivity index (χ4v) is 4.10. The number of aliphatic hydroxyl groups is 1. The van der Waals surface area contributed by atoms with E-state index in [4.69, 9.17) is 14.7 Å². The largest absolute Gasteiger partial charge is 0.461 e. The highest BCUT2D eigenvalue weighted by Crippen LogP contribution is 2.35. The van der Waals surface area contributed by atoms with Gasteiger partial charge in [0.05, 0.1) is 6.61 Å². The number of benzene rings is 1. The fraction of sp³-hybridized carbons (Fsp3) is 0.632. The number of rotatable bonds is 7. The van der Waals surface area contributed by atoms with E-state index in [2.05, 4.69) is 25.2 Å². The maximum atomic E-state index is 12.0. The first-order valence-electron chi connectivity index (χ1n) is 9.32. The van der Waals surface area contributed by atoms with Crippen molar-refractivity contribution in [1.29, 1.82) is 0 Å². The molecule has 1 saturated carbocycles. The quantitative estimate of drug-likeness (QED) is 0.540. The SMILES string of the molecule is CC1CCC(C(C)C)C(O/C(N)=N/S(=O)(=O)OCC(O)c2ccccc2)C1. The zero-order chi connectivity index (χ0) is 20.0. The number of ether oxygens (including phenoxy) is 1. The summed E-state index contributed by atoms with van der Waals surface area (Å²) in [6.07, 6.45) is 1.71. The van der Waals surface area contributed by atoms with E-state index >= 15 is 0 Å². The summed E-state index contributed by atoms with van der Waals surface area (Å²) < 4.78 is 37.9. The third kappa shape index (κ3) is 6.79. The first-order valence-corrected chi connectivity index (χ1v) is 10.7. The molecule has 2 rings (SSSR count). The molecule has 1 aromatic carbocycles. The maximum Gasteiger partial charge on any atom is 0.385 e. The Labute approximate surface area is 161 Å². The van der Waals surface area contributed by atoms with E-state index in [-0.39, 0.29) is 6.10 Å². The third-order valence-electron chi connectivity index (χ3n) is 4.99. The molecule has 0 aliphatic heterocycles. The first-order chi connectivity index (χ1) is 12.7. The average Bonchev–Trinajstić information content (AvgIpc) is 2.59. The highest BCUT2D eigenvalue weighted by molar-refractivity contribution is 7.85. The Balaban J connectivity index is 1.96. The Morgan fingerprint density at radius 1 is 1.30 bits per heavy atom. The van der Waals surface area contributed by atoms with Gasteiger partial charge in [-0.05, 0) is 36.2 Å². The van der Waals surface area contributed by atoms with Crippen molar-refractivity contribution in [1.82, 2.24) is 0 Å². The van der Waals surface area contributed by atoms with Crippen molar-refractivity contribution in [2.24, 2.45) is 27.9 Å². The van der Waals surface area contributed by atoms with Crippen LogP contribution in [0.15, 0.2) is 34.7 Å². The molecule has 8 heteroatoms. The van der Waals surface area contributed by atoms with Crippen molar-refractivity contribution in [3.63, 3.8) is 0 Å². The lowest BCUT2D eigenvalue weighted by Gasteiger charge is -2.36. The van der Waals surface area contributed by atoms with Crippen molar-refractivity contribution in [2.45, 2.75) is 52.2 Å². The summed E-state index contributed by atoms with van der Waals surface area (Å²) >= 11 is 0. The van der Waals surface area contributed by atoms with Crippen LogP contribution in [0.25, 0.3) is 0 Å². The fourth-order valence-electron chi connectivity index (χ4n) is 3.49. The number of hydrogen-bond donors (Lipinski definition) is 2. The molecule has 1 fully saturated rings. The standard InChI is InChI=1S/C19H30N2O5S/c1-13(2)16-10-9-14(3)11-18(16)26-19(20)21-27(23,24)25-12-17(22)15-7-5-4-6-8-15/h4-8,13-14,16-18,22H,9-12H2,1-3H3,(H2,20,21). The Kier molecular flexibility index (Phi) is 7.64. The molecule has 0 saturated heterocycles. The van der Waals surface area contributed by atoms with E-state index in [0.717, 1.165) is 19.3 Å². The zero-order valence-corrected chi connectivity index (χ0v) is 16.9. The van der Waals surface area contributed by atoms with Gasteiger partial charge in [-0.25, -0.2) is 4.18 Å². The van der Waals surface area contributed by atoms with E-state index in [1.807, 2.05) is 0 Å². The Morgan fingerprint density at radius 3 is 2.59 bits per heavy atom. The van der Waals surface area contributed by atoms with E-state index in [1.165, 1.54) is 0 Å². The predicted octanol–water partition coefficient (Wildman–Crippen LogP) is 2.77. The van der Waals surface area contributed by atoms with Gasteiger partial charge < -0.3 is 15.6 Å². The van der Waals surface area contributed by atoms with Gasteiger partial charge >= 0.3 is 10.3 Å². The van der Waals surface area contributed by atoms with Crippen molar-refractivity contribution in [3.8, 4) is 0 Å². The van der Waals surface area contributed by atoms with Crippen LogP contribution in [0.2, 0.25) is 0 Å². The van der Waals surface area contributed by atoms with Gasteiger partial charge in [-0.2, -0.15) is 8.42 Å². The van der Waals surface area contributed by atoms with Crippen LogP contribution >= 0.6 is 0 Å². The van der Waals surface area contributed by atoms with Crippen LogP contribution in [0.3, 0.4) is 0 Å². The topological polar surface area (TPSA) is 111 Å². The smallest absolute Gasteiger partial charge is 0.385 e. The molecule has 1 aliphatic rings. The van der Waals surface area contributed by atoms with Gasteiger partial charge in [-0.3, -0.25) is 0 Å². The molecule has 152 valence electrons. The summed E-state index contributed by atoms with van der Waals surface area (Å²) in [6, 6.07) is 8.22. The minimum Gasteiger partial charge on any atom is -0.461 e. The van der Waals surface area contributed by atoms with Crippen LogP contribution in [0.5, 0.6) is 0 Å². The minimum absolute atomic E-state index is 0.164. The van der Waals surface area contributed by atoms with Crippen molar-refractivity contribution in [2.75, 3.05) is 6.61 Å². The summed E-state index contributed by atoms with van der Waals surface area (Å²) in [7, 11) is -4.31. The predicted molar refractivity (Wildman–Crippen MR) is 104 cm³/mol. The second kappa shape index (κ2) is 9.52. The Bertz CT molecular complexity index is 721. The Morgan fingerprint density at radius 2 is 1.96 bits per heavy atom. The van der Waals surface area contributed by atoms with Crippen molar-refractivity contribution < 1.29 is 22.4 Å². The molecule has 0 spiro atoms. The molecule has 0 radical (unpaired) electrons. The van der Waals surface area contributed by atoms with Crippen LogP contribution in [-0.4, -0.2) is 32.3 Å². The van der Waals surface area contributed by atoms with E-state index in [1.54, 1.807) is 30.3 Å². The summed E-state index contributed by atoms with van der Waals surface area (Å²) in [5.74, 6) is 1.20. The molecular formula is C19H30N2O5S. The molecular weight excluding hydrogens is 368 g/mol. The number of aliphatic hydroxyl groups excluding tert-OH is 1. The normalized spacial score (nSPS) is 25.4. The van der Waals surface area contributed by atoms with Gasteiger partial charge in [0.1, 0.15) is 12.2 Å². The minimum atomic E-state index is -4.31. The van der Waals surface area contributed by atoms with Gasteiger partial charge in [0.25, 0.3) is 6.02 Å². The summed E-state index contributed by atoms with van der Waals surface area (Å²) in [5.41, 5.74) is 6.27. The molecule has 0 bridgehead atoms. The van der Waals surface area contributed by atoms with Crippen LogP contribution in [-0.2, 0) is 19.2 Å². The van der Waals surface area contributed by atoms with Crippen molar-refractivity contribution >= 4 is 16.3 Å². The second-order valence-corrected chi connectivity index (χ2v) is 8.82. The molecule has 3 N–H and O–H groups in total. The van der Waals surface area contributed by atoms with Gasteiger partial charge in [0.15, 0.2) is 0 Å². The highest BCUT2D eigenvalue weighted by Gasteiger charge is 2.33. The van der Waals surface area contributed by atoms with Crippen LogP contribution in [0.4, 0.5) is 0 Å². The van der Waals surface area contributed by atoms with Gasteiger partial charge in [-0.1, -0.05) is 61.9 Å². The van der Waals surface area contributed by atoms with Crippen molar-refractivity contribution in [3.05, 3.63) is 35.9 Å². The van der Waals surface area contributed by atoms with Crippen LogP contribution in [0, 0.1) is 17.8 Å². The molecule has 0 heterocycles. The third-order valence-corrected chi connectivity index (χ3v) is 5.83. The average molecular weight is 399 g/mol. The van der Waals surface area contributed by atoms with Gasteiger partial charge in [0.2, 0.25) is 0 Å². The van der Waals surface area contributed by atoms with E-state index in [0.29, 0.717) is 23.3 Å². The number of amidine groups is 1. The summed E-state index contributed by atoms with van der Waals surface area (Å²) in [5, 5.41) is 10.0. The second-order valence-electron chi connectivity index (χ2n) is 7.55. The molecule has 0 aromatic heterocycles. The monoisotopic (exact) mass is 398 g/mol.